The van der Waals surface area contributed by atoms with Gasteiger partial charge >= 0.3 is 5.97 Å². The van der Waals surface area contributed by atoms with Crippen LogP contribution < -0.4 is 4.74 Å². The summed E-state index contributed by atoms with van der Waals surface area (Å²) in [6, 6.07) is 6.65. The van der Waals surface area contributed by atoms with Crippen LogP contribution >= 0.6 is 0 Å². The third-order valence-electron chi connectivity index (χ3n) is 3.12. The standard InChI is InChI=1S/C13H11NO4/c1-17-9-3-4-10-8(5-9)6-13(7-14,11(10)15)12(16)18-2/h3-5H,6H2,1-2H3/t13-/m0/s1. The average molecular weight is 245 g/mol. The molecule has 1 aliphatic rings. The number of hydrogen-bond donors (Lipinski definition) is 0. The van der Waals surface area contributed by atoms with Crippen LogP contribution in [0.3, 0.4) is 0 Å². The van der Waals surface area contributed by atoms with Gasteiger partial charge in [0.05, 0.1) is 20.3 Å². The molecule has 2 rings (SSSR count). The van der Waals surface area contributed by atoms with E-state index in [1.165, 1.54) is 7.11 Å². The molecule has 1 atom stereocenters. The van der Waals surface area contributed by atoms with Gasteiger partial charge in [0.15, 0.2) is 5.78 Å². The highest BCUT2D eigenvalue weighted by molar-refractivity contribution is 6.18. The number of fused-ring (bicyclic) bond motifs is 1. The maximum absolute atomic E-state index is 12.2. The molecule has 1 aliphatic carbocycles. The molecule has 1 aromatic carbocycles. The summed E-state index contributed by atoms with van der Waals surface area (Å²) in [5.41, 5.74) is -0.738. The summed E-state index contributed by atoms with van der Waals surface area (Å²) in [5.74, 6) is -0.736. The van der Waals surface area contributed by atoms with E-state index in [1.807, 2.05) is 0 Å². The van der Waals surface area contributed by atoms with E-state index in [0.29, 0.717) is 16.9 Å². The number of rotatable bonds is 2. The molecule has 0 bridgehead atoms. The van der Waals surface area contributed by atoms with Crippen LogP contribution in [-0.4, -0.2) is 26.0 Å². The van der Waals surface area contributed by atoms with Gasteiger partial charge in [-0.2, -0.15) is 5.26 Å². The normalized spacial score (nSPS) is 21.1. The highest BCUT2D eigenvalue weighted by atomic mass is 16.5. The van der Waals surface area contributed by atoms with E-state index < -0.39 is 17.2 Å². The zero-order valence-electron chi connectivity index (χ0n) is 10.0. The van der Waals surface area contributed by atoms with E-state index in [0.717, 1.165) is 7.11 Å². The molecule has 0 heterocycles. The number of ether oxygens (including phenoxy) is 2. The number of hydrogen-bond acceptors (Lipinski definition) is 5. The van der Waals surface area contributed by atoms with Crippen molar-refractivity contribution >= 4 is 11.8 Å². The molecule has 5 nitrogen and oxygen atoms in total. The average Bonchev–Trinajstić information content (AvgIpc) is 2.71. The van der Waals surface area contributed by atoms with E-state index in [-0.39, 0.29) is 6.42 Å². The number of nitrogens with zero attached hydrogens (tertiary/aromatic N) is 1. The number of benzene rings is 1. The number of Topliss-reactive ketones (excluding diaryl/α,β-unsaturated/α-hetero) is 1. The van der Waals surface area contributed by atoms with E-state index in [2.05, 4.69) is 4.74 Å². The molecule has 0 saturated heterocycles. The van der Waals surface area contributed by atoms with Crippen LogP contribution in [0.2, 0.25) is 0 Å². The second-order valence-corrected chi connectivity index (χ2v) is 4.04. The van der Waals surface area contributed by atoms with Crippen LogP contribution in [0.25, 0.3) is 0 Å². The van der Waals surface area contributed by atoms with Gasteiger partial charge in [0.2, 0.25) is 5.41 Å². The summed E-state index contributed by atoms with van der Waals surface area (Å²) in [7, 11) is 2.68. The summed E-state index contributed by atoms with van der Waals surface area (Å²) in [5, 5.41) is 9.18. The first-order valence-corrected chi connectivity index (χ1v) is 5.30. The van der Waals surface area contributed by atoms with Gasteiger partial charge in [0.1, 0.15) is 5.75 Å². The molecule has 18 heavy (non-hydrogen) atoms. The monoisotopic (exact) mass is 245 g/mol. The summed E-state index contributed by atoms with van der Waals surface area (Å²) in [6.07, 6.45) is 0.0293. The van der Waals surface area contributed by atoms with Crippen molar-refractivity contribution in [3.05, 3.63) is 29.3 Å². The second kappa shape index (κ2) is 4.15. The summed E-state index contributed by atoms with van der Waals surface area (Å²) >= 11 is 0. The molecule has 0 aromatic heterocycles. The van der Waals surface area contributed by atoms with Crippen molar-refractivity contribution in [2.24, 2.45) is 5.41 Å². The van der Waals surface area contributed by atoms with E-state index in [9.17, 15) is 14.9 Å². The largest absolute Gasteiger partial charge is 0.497 e. The number of carbonyl (C=O) groups is 2. The van der Waals surface area contributed by atoms with Gasteiger partial charge in [-0.3, -0.25) is 4.79 Å². The molecule has 0 radical (unpaired) electrons. The maximum atomic E-state index is 12.2. The molecule has 0 unspecified atom stereocenters. The minimum atomic E-state index is -1.75. The van der Waals surface area contributed by atoms with Crippen molar-refractivity contribution in [1.82, 2.24) is 0 Å². The Labute approximate surface area is 104 Å². The Balaban J connectivity index is 2.52. The molecule has 0 spiro atoms. The van der Waals surface area contributed by atoms with Gasteiger partial charge in [-0.15, -0.1) is 0 Å². The molecular formula is C13H11NO4. The van der Waals surface area contributed by atoms with Crippen LogP contribution in [0.15, 0.2) is 18.2 Å². The maximum Gasteiger partial charge on any atom is 0.334 e. The molecule has 5 heteroatoms. The van der Waals surface area contributed by atoms with Crippen LogP contribution in [0.1, 0.15) is 15.9 Å². The number of carbonyl (C=O) groups excluding carboxylic acids is 2. The number of nitriles is 1. The van der Waals surface area contributed by atoms with Crippen LogP contribution in [0.4, 0.5) is 0 Å². The smallest absolute Gasteiger partial charge is 0.334 e. The lowest BCUT2D eigenvalue weighted by Crippen LogP contribution is -2.36. The van der Waals surface area contributed by atoms with E-state index in [4.69, 9.17) is 4.74 Å². The van der Waals surface area contributed by atoms with Gasteiger partial charge in [0, 0.05) is 12.0 Å². The Kier molecular flexibility index (Phi) is 2.79. The first-order valence-electron chi connectivity index (χ1n) is 5.30. The number of ketones is 1. The topological polar surface area (TPSA) is 76.4 Å². The Morgan fingerprint density at radius 2 is 2.17 bits per heavy atom. The quantitative estimate of drug-likeness (QED) is 0.576. The predicted molar refractivity (Wildman–Crippen MR) is 61.1 cm³/mol. The fourth-order valence-electron chi connectivity index (χ4n) is 2.14. The molecule has 0 amide bonds. The molecular weight excluding hydrogens is 234 g/mol. The highest BCUT2D eigenvalue weighted by Gasteiger charge is 2.53. The highest BCUT2D eigenvalue weighted by Crippen LogP contribution is 2.38. The van der Waals surface area contributed by atoms with Gasteiger partial charge in [0.25, 0.3) is 0 Å². The Bertz CT molecular complexity index is 573. The molecule has 0 fully saturated rings. The Morgan fingerprint density at radius 1 is 1.44 bits per heavy atom. The zero-order chi connectivity index (χ0) is 13.3. The lowest BCUT2D eigenvalue weighted by Gasteiger charge is -2.14. The Hall–Kier alpha value is -2.35. The minimum absolute atomic E-state index is 0.0293. The fraction of sp³-hybridized carbons (Fsp3) is 0.308. The van der Waals surface area contributed by atoms with Crippen molar-refractivity contribution in [2.45, 2.75) is 6.42 Å². The fourth-order valence-corrected chi connectivity index (χ4v) is 2.14. The molecule has 1 aromatic rings. The second-order valence-electron chi connectivity index (χ2n) is 4.04. The predicted octanol–water partition coefficient (Wildman–Crippen LogP) is 1.12. The van der Waals surface area contributed by atoms with Crippen LogP contribution in [-0.2, 0) is 16.0 Å². The summed E-state index contributed by atoms with van der Waals surface area (Å²) < 4.78 is 9.63. The summed E-state index contributed by atoms with van der Waals surface area (Å²) in [6.45, 7) is 0. The number of methoxy groups -OCH3 is 2. The van der Waals surface area contributed by atoms with Gasteiger partial charge in [-0.05, 0) is 23.8 Å². The van der Waals surface area contributed by atoms with Gasteiger partial charge in [-0.1, -0.05) is 0 Å². The van der Waals surface area contributed by atoms with Crippen LogP contribution in [0.5, 0.6) is 5.75 Å². The van der Waals surface area contributed by atoms with Crippen molar-refractivity contribution < 1.29 is 19.1 Å². The SMILES string of the molecule is COC(=O)[C@]1(C#N)Cc2cc(OC)ccc2C1=O. The van der Waals surface area contributed by atoms with E-state index >= 15 is 0 Å². The third-order valence-corrected chi connectivity index (χ3v) is 3.12. The van der Waals surface area contributed by atoms with Gasteiger partial charge < -0.3 is 9.47 Å². The molecule has 92 valence electrons. The van der Waals surface area contributed by atoms with Crippen LogP contribution in [0, 0.1) is 16.7 Å². The Morgan fingerprint density at radius 3 is 2.72 bits per heavy atom. The minimum Gasteiger partial charge on any atom is -0.497 e. The molecule has 0 aliphatic heterocycles. The third kappa shape index (κ3) is 1.46. The lowest BCUT2D eigenvalue weighted by molar-refractivity contribution is -0.146. The first-order chi connectivity index (χ1) is 8.58. The zero-order valence-corrected chi connectivity index (χ0v) is 10.0. The first kappa shape index (κ1) is 12.1. The van der Waals surface area contributed by atoms with Crippen molar-refractivity contribution in [3.63, 3.8) is 0 Å². The summed E-state index contributed by atoms with van der Waals surface area (Å²) in [4.78, 5) is 23.9. The van der Waals surface area contributed by atoms with Crippen molar-refractivity contribution in [1.29, 1.82) is 5.26 Å². The number of esters is 1. The van der Waals surface area contributed by atoms with Crippen molar-refractivity contribution in [2.75, 3.05) is 14.2 Å². The molecule has 0 saturated carbocycles. The molecule has 0 N–H and O–H groups in total. The lowest BCUT2D eigenvalue weighted by atomic mass is 9.85. The van der Waals surface area contributed by atoms with E-state index in [1.54, 1.807) is 24.3 Å². The van der Waals surface area contributed by atoms with Crippen molar-refractivity contribution in [3.8, 4) is 11.8 Å². The van der Waals surface area contributed by atoms with Gasteiger partial charge in [-0.25, -0.2) is 4.79 Å².